The Morgan fingerprint density at radius 2 is 1.77 bits per heavy atom. The Balaban J connectivity index is 1.46. The number of hydrogen-bond acceptors (Lipinski definition) is 5. The number of amides is 4. The first-order valence-corrected chi connectivity index (χ1v) is 9.97. The van der Waals surface area contributed by atoms with E-state index >= 15 is 0 Å². The average molecular weight is 445 g/mol. The molecule has 1 fully saturated rings. The fourth-order valence-corrected chi connectivity index (χ4v) is 3.56. The molecule has 0 spiro atoms. The molecule has 160 valence electrons. The molecule has 0 aliphatic carbocycles. The first-order chi connectivity index (χ1) is 14.8. The maximum Gasteiger partial charge on any atom is 0.293 e. The summed E-state index contributed by atoms with van der Waals surface area (Å²) in [6.45, 7) is -0.509. The highest BCUT2D eigenvalue weighted by molar-refractivity contribution is 8.18. The topological polar surface area (TPSA) is 95.6 Å². The Kier molecular flexibility index (Phi) is 7.14. The predicted molar refractivity (Wildman–Crippen MR) is 111 cm³/mol. The van der Waals surface area contributed by atoms with Crippen molar-refractivity contribution in [2.75, 3.05) is 19.6 Å². The second-order valence-electron chi connectivity index (χ2n) is 6.40. The molecule has 1 aliphatic heterocycles. The molecule has 3 rings (SSSR count). The minimum absolute atomic E-state index is 0.0176. The van der Waals surface area contributed by atoms with Gasteiger partial charge in [0.2, 0.25) is 5.91 Å². The normalized spacial score (nSPS) is 14.8. The second-order valence-corrected chi connectivity index (χ2v) is 7.39. The number of thioether (sulfide) groups is 1. The Morgan fingerprint density at radius 3 is 2.48 bits per heavy atom. The number of hydrogen-bond donors (Lipinski definition) is 2. The van der Waals surface area contributed by atoms with Gasteiger partial charge in [-0.05, 0) is 35.5 Å². The van der Waals surface area contributed by atoms with Gasteiger partial charge in [0, 0.05) is 19.2 Å². The molecule has 2 N–H and O–H groups in total. The zero-order valence-corrected chi connectivity index (χ0v) is 16.9. The fraction of sp³-hybridized carbons (Fsp3) is 0.143. The van der Waals surface area contributed by atoms with E-state index in [1.54, 1.807) is 18.2 Å². The van der Waals surface area contributed by atoms with Crippen molar-refractivity contribution in [1.82, 2.24) is 15.5 Å². The molecule has 2 aromatic rings. The Hall–Kier alpha value is -3.53. The molecule has 0 unspecified atom stereocenters. The van der Waals surface area contributed by atoms with Crippen LogP contribution in [0.25, 0.3) is 6.08 Å². The second kappa shape index (κ2) is 9.98. The summed E-state index contributed by atoms with van der Waals surface area (Å²) in [7, 11) is 0. The first kappa shape index (κ1) is 22.2. The molecule has 4 amide bonds. The number of benzene rings is 2. The van der Waals surface area contributed by atoms with Gasteiger partial charge in [-0.3, -0.25) is 24.1 Å². The predicted octanol–water partition coefficient (Wildman–Crippen LogP) is 2.55. The van der Waals surface area contributed by atoms with Crippen LogP contribution in [0.15, 0.2) is 53.4 Å². The van der Waals surface area contributed by atoms with Gasteiger partial charge in [0.1, 0.15) is 11.6 Å². The van der Waals surface area contributed by atoms with Gasteiger partial charge < -0.3 is 10.6 Å². The Bertz CT molecular complexity index is 1060. The largest absolute Gasteiger partial charge is 0.353 e. The lowest BCUT2D eigenvalue weighted by Gasteiger charge is -2.13. The molecule has 2 aromatic carbocycles. The number of nitrogens with zero attached hydrogens (tertiary/aromatic N) is 1. The SMILES string of the molecule is O=C(CNC(=O)c1ccc(F)cc1F)NCCN1C(=O)S/C(=C/c2ccccc2)C1=O. The smallest absolute Gasteiger partial charge is 0.293 e. The van der Waals surface area contributed by atoms with Crippen LogP contribution in [0, 0.1) is 11.6 Å². The van der Waals surface area contributed by atoms with E-state index in [1.165, 1.54) is 0 Å². The van der Waals surface area contributed by atoms with Crippen LogP contribution in [-0.2, 0) is 9.59 Å². The van der Waals surface area contributed by atoms with Crippen LogP contribution in [-0.4, -0.2) is 47.5 Å². The summed E-state index contributed by atoms with van der Waals surface area (Å²) in [5, 5.41) is 4.24. The van der Waals surface area contributed by atoms with E-state index in [-0.39, 0.29) is 18.0 Å². The lowest BCUT2D eigenvalue weighted by molar-refractivity contribution is -0.124. The molecule has 0 radical (unpaired) electrons. The molecular formula is C21H17F2N3O4S. The lowest BCUT2D eigenvalue weighted by atomic mass is 10.2. The van der Waals surface area contributed by atoms with Crippen molar-refractivity contribution in [2.45, 2.75) is 0 Å². The van der Waals surface area contributed by atoms with Crippen LogP contribution in [0.1, 0.15) is 15.9 Å². The fourth-order valence-electron chi connectivity index (χ4n) is 2.69. The van der Waals surface area contributed by atoms with Crippen LogP contribution in [0.2, 0.25) is 0 Å². The van der Waals surface area contributed by atoms with Crippen molar-refractivity contribution in [2.24, 2.45) is 0 Å². The quantitative estimate of drug-likeness (QED) is 0.639. The number of rotatable bonds is 7. The van der Waals surface area contributed by atoms with Crippen molar-refractivity contribution >= 4 is 40.8 Å². The lowest BCUT2D eigenvalue weighted by Crippen LogP contribution is -2.41. The zero-order valence-electron chi connectivity index (χ0n) is 16.1. The van der Waals surface area contributed by atoms with E-state index < -0.39 is 46.7 Å². The van der Waals surface area contributed by atoms with E-state index in [9.17, 15) is 28.0 Å². The molecule has 31 heavy (non-hydrogen) atoms. The molecule has 1 saturated heterocycles. The van der Waals surface area contributed by atoms with Crippen LogP contribution < -0.4 is 10.6 Å². The van der Waals surface area contributed by atoms with Gasteiger partial charge in [-0.2, -0.15) is 0 Å². The van der Waals surface area contributed by atoms with Gasteiger partial charge in [0.25, 0.3) is 17.1 Å². The van der Waals surface area contributed by atoms with E-state index in [2.05, 4.69) is 10.6 Å². The zero-order chi connectivity index (χ0) is 22.4. The van der Waals surface area contributed by atoms with Gasteiger partial charge in [-0.15, -0.1) is 0 Å². The molecular weight excluding hydrogens is 428 g/mol. The van der Waals surface area contributed by atoms with Crippen LogP contribution >= 0.6 is 11.8 Å². The van der Waals surface area contributed by atoms with Crippen molar-refractivity contribution in [3.63, 3.8) is 0 Å². The highest BCUT2D eigenvalue weighted by atomic mass is 32.2. The summed E-state index contributed by atoms with van der Waals surface area (Å²) in [6.07, 6.45) is 1.62. The number of halogens is 2. The summed E-state index contributed by atoms with van der Waals surface area (Å²) in [4.78, 5) is 49.6. The average Bonchev–Trinajstić information content (AvgIpc) is 3.00. The van der Waals surface area contributed by atoms with E-state index in [1.807, 2.05) is 18.2 Å². The van der Waals surface area contributed by atoms with Crippen LogP contribution in [0.3, 0.4) is 0 Å². The standard InChI is InChI=1S/C21H17F2N3O4S/c22-14-6-7-15(16(23)11-14)19(28)25-12-18(27)24-8-9-26-20(29)17(31-21(26)30)10-13-4-2-1-3-5-13/h1-7,10-11H,8-9,12H2,(H,24,27)(H,25,28)/b17-10+. The van der Waals surface area contributed by atoms with E-state index in [0.717, 1.165) is 34.4 Å². The number of carbonyl (C=O) groups excluding carboxylic acids is 4. The molecule has 0 atom stereocenters. The summed E-state index contributed by atoms with van der Waals surface area (Å²) < 4.78 is 26.5. The highest BCUT2D eigenvalue weighted by Gasteiger charge is 2.34. The van der Waals surface area contributed by atoms with Crippen molar-refractivity contribution < 1.29 is 28.0 Å². The van der Waals surface area contributed by atoms with Crippen molar-refractivity contribution in [3.8, 4) is 0 Å². The van der Waals surface area contributed by atoms with E-state index in [4.69, 9.17) is 0 Å². The minimum atomic E-state index is -1.04. The molecule has 0 saturated carbocycles. The molecule has 7 nitrogen and oxygen atoms in total. The van der Waals surface area contributed by atoms with Crippen molar-refractivity contribution in [1.29, 1.82) is 0 Å². The highest BCUT2D eigenvalue weighted by Crippen LogP contribution is 2.31. The molecule has 1 aliphatic rings. The molecule has 10 heteroatoms. The number of imide groups is 1. The first-order valence-electron chi connectivity index (χ1n) is 9.15. The van der Waals surface area contributed by atoms with Gasteiger partial charge >= 0.3 is 0 Å². The third-order valence-electron chi connectivity index (χ3n) is 4.21. The summed E-state index contributed by atoms with van der Waals surface area (Å²) in [5.74, 6) is -3.78. The third-order valence-corrected chi connectivity index (χ3v) is 5.12. The summed E-state index contributed by atoms with van der Waals surface area (Å²) in [6, 6.07) is 11.5. The van der Waals surface area contributed by atoms with Crippen LogP contribution in [0.4, 0.5) is 13.6 Å². The maximum atomic E-state index is 13.6. The van der Waals surface area contributed by atoms with Gasteiger partial charge in [-0.25, -0.2) is 8.78 Å². The molecule has 1 heterocycles. The van der Waals surface area contributed by atoms with Gasteiger partial charge in [0.15, 0.2) is 0 Å². The molecule has 0 bridgehead atoms. The Morgan fingerprint density at radius 1 is 1.03 bits per heavy atom. The molecule has 0 aromatic heterocycles. The summed E-state index contributed by atoms with van der Waals surface area (Å²) in [5.41, 5.74) is 0.395. The van der Waals surface area contributed by atoms with E-state index in [0.29, 0.717) is 6.07 Å². The minimum Gasteiger partial charge on any atom is -0.353 e. The third kappa shape index (κ3) is 5.76. The maximum absolute atomic E-state index is 13.6. The van der Waals surface area contributed by atoms with Gasteiger partial charge in [0.05, 0.1) is 17.0 Å². The Labute approximate surface area is 180 Å². The number of carbonyl (C=O) groups is 4. The van der Waals surface area contributed by atoms with Gasteiger partial charge in [-0.1, -0.05) is 30.3 Å². The number of nitrogens with one attached hydrogen (secondary N) is 2. The summed E-state index contributed by atoms with van der Waals surface area (Å²) >= 11 is 0.816. The van der Waals surface area contributed by atoms with Crippen LogP contribution in [0.5, 0.6) is 0 Å². The van der Waals surface area contributed by atoms with Crippen molar-refractivity contribution in [3.05, 3.63) is 76.2 Å². The monoisotopic (exact) mass is 445 g/mol.